The molecular weight excluding hydrogens is 427 g/mol. The number of ether oxygens (including phenoxy) is 1. The van der Waals surface area contributed by atoms with Crippen molar-refractivity contribution < 1.29 is 4.74 Å². The van der Waals surface area contributed by atoms with E-state index in [9.17, 15) is 0 Å². The maximum atomic E-state index is 5.66. The van der Waals surface area contributed by atoms with Gasteiger partial charge in [-0.25, -0.2) is 0 Å². The number of hydrogen-bond acceptors (Lipinski definition) is 3. The summed E-state index contributed by atoms with van der Waals surface area (Å²) in [5.74, 6) is 0. The molecule has 0 aliphatic carbocycles. The zero-order valence-corrected chi connectivity index (χ0v) is 20.8. The first-order valence-electron chi connectivity index (χ1n) is 9.93. The van der Waals surface area contributed by atoms with E-state index in [1.165, 1.54) is 51.4 Å². The third-order valence-electron chi connectivity index (χ3n) is 4.82. The number of hydrogen-bond donors (Lipinski definition) is 0. The van der Waals surface area contributed by atoms with Gasteiger partial charge in [-0.2, -0.15) is 0 Å². The van der Waals surface area contributed by atoms with Crippen LogP contribution in [0.3, 0.4) is 0 Å². The predicted octanol–water partition coefficient (Wildman–Crippen LogP) is 7.60. The molecule has 0 N–H and O–H groups in total. The molecule has 0 radical (unpaired) electrons. The van der Waals surface area contributed by atoms with Gasteiger partial charge in [0.25, 0.3) is 0 Å². The van der Waals surface area contributed by atoms with Gasteiger partial charge < -0.3 is 0 Å². The molecule has 23 heavy (non-hydrogen) atoms. The van der Waals surface area contributed by atoms with Crippen molar-refractivity contribution in [2.24, 2.45) is 0 Å². The normalized spacial score (nSPS) is 13.1. The first-order valence-corrected chi connectivity index (χ1v) is 18.9. The number of thiocarbonyl (C=S) groups is 1. The van der Waals surface area contributed by atoms with E-state index in [1.54, 1.807) is 13.3 Å². The third-order valence-corrected chi connectivity index (χ3v) is 26.7. The number of thioether (sulfide) groups is 1. The zero-order chi connectivity index (χ0) is 17.6. The van der Waals surface area contributed by atoms with Crippen molar-refractivity contribution in [2.45, 2.75) is 103 Å². The first kappa shape index (κ1) is 24.0. The fourth-order valence-electron chi connectivity index (χ4n) is 3.46. The van der Waals surface area contributed by atoms with E-state index in [-0.39, 0.29) is 0 Å². The van der Waals surface area contributed by atoms with Gasteiger partial charge in [0.1, 0.15) is 0 Å². The Balaban J connectivity index is 5.30. The second-order valence-electron chi connectivity index (χ2n) is 6.75. The summed E-state index contributed by atoms with van der Waals surface area (Å²) >= 11 is 5.28. The van der Waals surface area contributed by atoms with Gasteiger partial charge in [-0.05, 0) is 0 Å². The molecule has 0 rings (SSSR count). The molecule has 0 aliphatic rings. The van der Waals surface area contributed by atoms with E-state index >= 15 is 0 Å². The third kappa shape index (κ3) is 9.93. The minimum absolute atomic E-state index is 0.714. The molecule has 138 valence electrons. The monoisotopic (exact) mass is 468 g/mol. The molecule has 0 spiro atoms. The van der Waals surface area contributed by atoms with Gasteiger partial charge in [0, 0.05) is 0 Å². The Bertz CT molecular complexity index is 275. The van der Waals surface area contributed by atoms with Crippen LogP contribution in [0.2, 0.25) is 13.3 Å². The summed E-state index contributed by atoms with van der Waals surface area (Å²) in [6, 6.07) is 0. The summed E-state index contributed by atoms with van der Waals surface area (Å²) in [5, 5.41) is 0. The first-order chi connectivity index (χ1) is 11.1. The van der Waals surface area contributed by atoms with Crippen LogP contribution >= 0.6 is 24.0 Å². The average molecular weight is 467 g/mol. The minimum atomic E-state index is -2.20. The summed E-state index contributed by atoms with van der Waals surface area (Å²) in [4.78, 5) is 0. The van der Waals surface area contributed by atoms with Crippen LogP contribution < -0.4 is 0 Å². The maximum absolute atomic E-state index is 5.66. The summed E-state index contributed by atoms with van der Waals surface area (Å²) in [6.07, 6.45) is 11.0. The van der Waals surface area contributed by atoms with Gasteiger partial charge in [0.05, 0.1) is 0 Å². The molecule has 0 aliphatic heterocycles. The van der Waals surface area contributed by atoms with Crippen LogP contribution in [0.1, 0.15) is 86.0 Å². The predicted molar refractivity (Wildman–Crippen MR) is 115 cm³/mol. The van der Waals surface area contributed by atoms with Crippen molar-refractivity contribution in [3.8, 4) is 0 Å². The van der Waals surface area contributed by atoms with Gasteiger partial charge in [-0.15, -0.1) is 0 Å². The molecule has 0 aromatic heterocycles. The fourth-order valence-corrected chi connectivity index (χ4v) is 27.6. The Kier molecular flexibility index (Phi) is 16.0. The second kappa shape index (κ2) is 15.3. The summed E-state index contributed by atoms with van der Waals surface area (Å²) in [7, 11) is 0. The van der Waals surface area contributed by atoms with Crippen molar-refractivity contribution in [1.82, 2.24) is 0 Å². The van der Waals surface area contributed by atoms with Crippen molar-refractivity contribution >= 4 is 46.7 Å². The Hall–Kier alpha value is 1.04. The summed E-state index contributed by atoms with van der Waals surface area (Å²) < 4.78 is 12.0. The molecule has 0 aromatic carbocycles. The van der Waals surface area contributed by atoms with Crippen molar-refractivity contribution in [3.63, 3.8) is 0 Å². The van der Waals surface area contributed by atoms with Crippen LogP contribution in [0, 0.1) is 0 Å². The number of rotatable bonds is 14. The summed E-state index contributed by atoms with van der Waals surface area (Å²) in [6.45, 7) is 12.2. The Labute approximate surface area is 160 Å². The molecule has 0 aromatic rings. The van der Waals surface area contributed by atoms with E-state index < -0.39 is 18.4 Å². The second-order valence-corrected chi connectivity index (χ2v) is 23.8. The van der Waals surface area contributed by atoms with Gasteiger partial charge in [-0.3, -0.25) is 0 Å². The standard InChI is InChI=1S/C7H13OS2.3C4H9.Sn/c1-3-5-6-10-7(9)8-4-2;3*1-3-4-2;/h6H,3-5H2,1-2H3;3*1,3-4H2,2H3;. The molecule has 0 heterocycles. The van der Waals surface area contributed by atoms with Crippen LogP contribution in [0.5, 0.6) is 0 Å². The van der Waals surface area contributed by atoms with Crippen LogP contribution in [0.4, 0.5) is 0 Å². The molecular formula is C19H40OS2Sn. The van der Waals surface area contributed by atoms with Gasteiger partial charge in [0.2, 0.25) is 0 Å². The zero-order valence-electron chi connectivity index (χ0n) is 16.3. The average Bonchev–Trinajstić information content (AvgIpc) is 2.54. The van der Waals surface area contributed by atoms with Gasteiger partial charge in [-0.1, -0.05) is 0 Å². The van der Waals surface area contributed by atoms with Crippen LogP contribution in [0.25, 0.3) is 0 Å². The van der Waals surface area contributed by atoms with Crippen molar-refractivity contribution in [3.05, 3.63) is 0 Å². The molecule has 0 bridgehead atoms. The van der Waals surface area contributed by atoms with E-state index in [4.69, 9.17) is 17.0 Å². The molecule has 0 saturated heterocycles. The SMILES string of the molecule is CCC[CH2][Sn]([CH2]CCC)([CH2]CCC)[CH](CCC)SC(=S)OCC. The van der Waals surface area contributed by atoms with E-state index in [1.807, 2.05) is 18.7 Å². The Morgan fingerprint density at radius 2 is 1.35 bits per heavy atom. The van der Waals surface area contributed by atoms with E-state index in [0.29, 0.717) is 6.61 Å². The summed E-state index contributed by atoms with van der Waals surface area (Å²) in [5.41, 5.74) is 0. The molecule has 0 fully saturated rings. The van der Waals surface area contributed by atoms with Crippen molar-refractivity contribution in [2.75, 3.05) is 6.61 Å². The van der Waals surface area contributed by atoms with E-state index in [0.717, 1.165) is 7.65 Å². The molecule has 1 nitrogen and oxygen atoms in total. The van der Waals surface area contributed by atoms with Gasteiger partial charge in [0.15, 0.2) is 0 Å². The molecule has 4 heteroatoms. The van der Waals surface area contributed by atoms with Crippen molar-refractivity contribution in [1.29, 1.82) is 0 Å². The van der Waals surface area contributed by atoms with Crippen LogP contribution in [-0.2, 0) is 4.74 Å². The van der Waals surface area contributed by atoms with Crippen LogP contribution in [-0.4, -0.2) is 32.6 Å². The Morgan fingerprint density at radius 1 is 0.870 bits per heavy atom. The Morgan fingerprint density at radius 3 is 1.70 bits per heavy atom. The topological polar surface area (TPSA) is 9.23 Å². The molecule has 1 unspecified atom stereocenters. The fraction of sp³-hybridized carbons (Fsp3) is 0.947. The van der Waals surface area contributed by atoms with Crippen LogP contribution in [0.15, 0.2) is 0 Å². The number of unbranched alkanes of at least 4 members (excludes halogenated alkanes) is 3. The van der Waals surface area contributed by atoms with E-state index in [2.05, 4.69) is 27.7 Å². The molecule has 0 saturated carbocycles. The molecule has 0 amide bonds. The molecule has 1 atom stereocenters. The quantitative estimate of drug-likeness (QED) is 0.192. The van der Waals surface area contributed by atoms with Gasteiger partial charge >= 0.3 is 161 Å².